The molecule has 3 heterocycles. The van der Waals surface area contributed by atoms with Crippen molar-refractivity contribution in [1.29, 1.82) is 0 Å². The van der Waals surface area contributed by atoms with E-state index < -0.39 is 48.3 Å². The first-order valence-corrected chi connectivity index (χ1v) is 10.3. The van der Waals surface area contributed by atoms with Gasteiger partial charge in [0.05, 0.1) is 29.5 Å². The number of halogens is 5. The third-order valence-corrected chi connectivity index (χ3v) is 6.30. The summed E-state index contributed by atoms with van der Waals surface area (Å²) in [5.41, 5.74) is 7.56. The standard InChI is InChI=1S/C20H24F5N5O/c21-19(22)5-1-2-11(8-19)17(26)15-10-30-16(28-15)4-3-14(29-30)7-12-6-13(20(23,24)25)9-27-18(12)31/h3-4,10-13,17H,1-2,5-9,26H2,(H,27,31)/t11-,12?,13?,17+/m1/s1. The van der Waals surface area contributed by atoms with Gasteiger partial charge in [0.2, 0.25) is 11.8 Å². The van der Waals surface area contributed by atoms with Gasteiger partial charge in [0, 0.05) is 31.7 Å². The largest absolute Gasteiger partial charge is 0.393 e. The van der Waals surface area contributed by atoms with Crippen molar-refractivity contribution in [2.75, 3.05) is 6.54 Å². The maximum atomic E-state index is 13.7. The Morgan fingerprint density at radius 3 is 2.81 bits per heavy atom. The van der Waals surface area contributed by atoms with Gasteiger partial charge in [-0.3, -0.25) is 4.79 Å². The molecule has 170 valence electrons. The molecule has 1 aliphatic carbocycles. The van der Waals surface area contributed by atoms with Crippen LogP contribution in [0.15, 0.2) is 18.3 Å². The van der Waals surface area contributed by atoms with Crippen LogP contribution in [0.5, 0.6) is 0 Å². The Morgan fingerprint density at radius 1 is 1.32 bits per heavy atom. The zero-order valence-corrected chi connectivity index (χ0v) is 16.7. The second kappa shape index (κ2) is 7.99. The van der Waals surface area contributed by atoms with Crippen LogP contribution >= 0.6 is 0 Å². The molecule has 2 unspecified atom stereocenters. The summed E-state index contributed by atoms with van der Waals surface area (Å²) >= 11 is 0. The molecule has 1 saturated carbocycles. The first kappa shape index (κ1) is 21.9. The van der Waals surface area contributed by atoms with Gasteiger partial charge in [-0.15, -0.1) is 0 Å². The smallest absolute Gasteiger partial charge is 0.355 e. The highest BCUT2D eigenvalue weighted by molar-refractivity contribution is 5.79. The molecule has 1 aliphatic heterocycles. The van der Waals surface area contributed by atoms with E-state index in [0.717, 1.165) is 0 Å². The zero-order chi connectivity index (χ0) is 22.4. The predicted octanol–water partition coefficient (Wildman–Crippen LogP) is 3.41. The average Bonchev–Trinajstić information content (AvgIpc) is 3.11. The van der Waals surface area contributed by atoms with Gasteiger partial charge in [0.1, 0.15) is 0 Å². The van der Waals surface area contributed by atoms with Gasteiger partial charge in [-0.1, -0.05) is 0 Å². The van der Waals surface area contributed by atoms with Crippen molar-refractivity contribution in [3.8, 4) is 0 Å². The van der Waals surface area contributed by atoms with E-state index in [2.05, 4.69) is 15.4 Å². The average molecular weight is 445 g/mol. The number of rotatable bonds is 4. The lowest BCUT2D eigenvalue weighted by Gasteiger charge is -2.31. The van der Waals surface area contributed by atoms with Crippen LogP contribution in [0.3, 0.4) is 0 Å². The number of hydrogen-bond donors (Lipinski definition) is 2. The number of alkyl halides is 5. The number of imidazole rings is 1. The van der Waals surface area contributed by atoms with E-state index in [1.54, 1.807) is 18.3 Å². The van der Waals surface area contributed by atoms with Gasteiger partial charge in [-0.05, 0) is 37.3 Å². The monoisotopic (exact) mass is 445 g/mol. The Bertz CT molecular complexity index is 959. The Hall–Kier alpha value is -2.30. The molecule has 1 saturated heterocycles. The van der Waals surface area contributed by atoms with Crippen molar-refractivity contribution in [2.45, 2.75) is 56.7 Å². The number of nitrogens with one attached hydrogen (secondary N) is 1. The second-order valence-electron chi connectivity index (χ2n) is 8.65. The molecule has 6 nitrogen and oxygen atoms in total. The Kier molecular flexibility index (Phi) is 5.65. The molecule has 0 aromatic carbocycles. The fourth-order valence-corrected chi connectivity index (χ4v) is 4.55. The molecule has 31 heavy (non-hydrogen) atoms. The summed E-state index contributed by atoms with van der Waals surface area (Å²) in [7, 11) is 0. The van der Waals surface area contributed by atoms with E-state index in [-0.39, 0.29) is 25.7 Å². The number of aromatic nitrogens is 3. The number of fused-ring (bicyclic) bond motifs is 1. The SMILES string of the molecule is N[C@H](c1cn2nc(CC3CC(C(F)(F)F)CNC3=O)ccc2n1)[C@@H]1CCCC(F)(F)C1. The fourth-order valence-electron chi connectivity index (χ4n) is 4.55. The van der Waals surface area contributed by atoms with Crippen LogP contribution in [0.4, 0.5) is 22.0 Å². The van der Waals surface area contributed by atoms with E-state index in [4.69, 9.17) is 5.73 Å². The highest BCUT2D eigenvalue weighted by atomic mass is 19.4. The minimum absolute atomic E-state index is 0.0583. The molecule has 2 aromatic heterocycles. The van der Waals surface area contributed by atoms with Crippen LogP contribution in [0.2, 0.25) is 0 Å². The van der Waals surface area contributed by atoms with Gasteiger partial charge in [0.15, 0.2) is 5.65 Å². The van der Waals surface area contributed by atoms with Crippen molar-refractivity contribution in [3.63, 3.8) is 0 Å². The van der Waals surface area contributed by atoms with Crippen molar-refractivity contribution >= 4 is 11.6 Å². The summed E-state index contributed by atoms with van der Waals surface area (Å²) in [6.07, 6.45) is -2.43. The maximum absolute atomic E-state index is 13.7. The van der Waals surface area contributed by atoms with Gasteiger partial charge in [-0.2, -0.15) is 18.3 Å². The number of piperidine rings is 1. The van der Waals surface area contributed by atoms with Crippen molar-refractivity contribution in [2.24, 2.45) is 23.5 Å². The maximum Gasteiger partial charge on any atom is 0.393 e. The first-order valence-electron chi connectivity index (χ1n) is 10.3. The normalized spacial score (nSPS) is 27.8. The van der Waals surface area contributed by atoms with Crippen LogP contribution in [0, 0.1) is 17.8 Å². The number of carbonyl (C=O) groups is 1. The molecule has 0 spiro atoms. The molecule has 0 bridgehead atoms. The zero-order valence-electron chi connectivity index (χ0n) is 16.7. The van der Waals surface area contributed by atoms with E-state index in [1.165, 1.54) is 4.52 Å². The molecule has 0 radical (unpaired) electrons. The summed E-state index contributed by atoms with van der Waals surface area (Å²) in [5, 5.41) is 6.68. The van der Waals surface area contributed by atoms with Crippen molar-refractivity contribution < 1.29 is 26.7 Å². The lowest BCUT2D eigenvalue weighted by molar-refractivity contribution is -0.183. The summed E-state index contributed by atoms with van der Waals surface area (Å²) in [6.45, 7) is -0.408. The molecule has 11 heteroatoms. The highest BCUT2D eigenvalue weighted by Crippen LogP contribution is 2.41. The van der Waals surface area contributed by atoms with Gasteiger partial charge in [0.25, 0.3) is 0 Å². The van der Waals surface area contributed by atoms with Crippen LogP contribution < -0.4 is 11.1 Å². The summed E-state index contributed by atoms with van der Waals surface area (Å²) in [4.78, 5) is 16.4. The quantitative estimate of drug-likeness (QED) is 0.707. The Morgan fingerprint density at radius 2 is 2.10 bits per heavy atom. The van der Waals surface area contributed by atoms with Crippen LogP contribution in [0.25, 0.3) is 5.65 Å². The molecule has 2 fully saturated rings. The van der Waals surface area contributed by atoms with Crippen molar-refractivity contribution in [1.82, 2.24) is 19.9 Å². The van der Waals surface area contributed by atoms with E-state index in [9.17, 15) is 26.7 Å². The third kappa shape index (κ3) is 4.81. The fraction of sp³-hybridized carbons (Fsp3) is 0.650. The van der Waals surface area contributed by atoms with Crippen LogP contribution in [-0.4, -0.2) is 39.1 Å². The molecule has 4 atom stereocenters. The molecule has 2 aliphatic rings. The molecule has 4 rings (SSSR count). The minimum atomic E-state index is -4.37. The van der Waals surface area contributed by atoms with E-state index >= 15 is 0 Å². The number of nitrogens with zero attached hydrogens (tertiary/aromatic N) is 3. The van der Waals surface area contributed by atoms with Crippen LogP contribution in [-0.2, 0) is 11.2 Å². The lowest BCUT2D eigenvalue weighted by atomic mass is 9.81. The molecular formula is C20H24F5N5O. The second-order valence-corrected chi connectivity index (χ2v) is 8.65. The van der Waals surface area contributed by atoms with E-state index in [0.29, 0.717) is 29.9 Å². The number of hydrogen-bond acceptors (Lipinski definition) is 4. The van der Waals surface area contributed by atoms with Gasteiger partial charge >= 0.3 is 6.18 Å². The molecule has 2 aromatic rings. The Balaban J connectivity index is 1.49. The number of nitrogens with two attached hydrogens (primary N) is 1. The molecule has 1 amide bonds. The summed E-state index contributed by atoms with van der Waals surface area (Å²) in [5.74, 6) is -5.95. The highest BCUT2D eigenvalue weighted by Gasteiger charge is 2.44. The first-order chi connectivity index (χ1) is 14.5. The summed E-state index contributed by atoms with van der Waals surface area (Å²) < 4.78 is 68.0. The lowest BCUT2D eigenvalue weighted by Crippen LogP contribution is -2.47. The van der Waals surface area contributed by atoms with E-state index in [1.807, 2.05) is 0 Å². The predicted molar refractivity (Wildman–Crippen MR) is 101 cm³/mol. The van der Waals surface area contributed by atoms with Crippen molar-refractivity contribution in [3.05, 3.63) is 29.7 Å². The van der Waals surface area contributed by atoms with Gasteiger partial charge in [-0.25, -0.2) is 18.3 Å². The summed E-state index contributed by atoms with van der Waals surface area (Å²) in [6, 6.07) is 2.58. The number of carbonyl (C=O) groups excluding carboxylic acids is 1. The molecular weight excluding hydrogens is 421 g/mol. The van der Waals surface area contributed by atoms with Crippen LogP contribution in [0.1, 0.15) is 49.5 Å². The van der Waals surface area contributed by atoms with Gasteiger partial charge < -0.3 is 11.1 Å². The topological polar surface area (TPSA) is 85.3 Å². The number of amides is 1. The Labute approximate surface area is 175 Å². The third-order valence-electron chi connectivity index (χ3n) is 6.30. The minimum Gasteiger partial charge on any atom is -0.355 e. The molecule has 3 N–H and O–H groups in total.